The third kappa shape index (κ3) is 16.1. The minimum atomic E-state index is -3.02. The minimum Gasteiger partial charge on any atom is -0.487 e. The van der Waals surface area contributed by atoms with Crippen molar-refractivity contribution in [2.24, 2.45) is 0 Å². The van der Waals surface area contributed by atoms with Crippen LogP contribution in [0.2, 0.25) is 10.0 Å². The van der Waals surface area contributed by atoms with E-state index in [1.54, 1.807) is 48.5 Å². The Hall–Kier alpha value is -7.98. The van der Waals surface area contributed by atoms with Crippen LogP contribution in [0.5, 0.6) is 11.5 Å². The number of nitrogens with zero attached hydrogens (tertiary/aromatic N) is 4. The second-order valence-corrected chi connectivity index (χ2v) is 23.8. The van der Waals surface area contributed by atoms with E-state index in [1.165, 1.54) is 49.4 Å². The van der Waals surface area contributed by atoms with Crippen LogP contribution in [0.15, 0.2) is 167 Å². The second kappa shape index (κ2) is 25.9. The fourth-order valence-electron chi connectivity index (χ4n) is 8.05. The number of hydrogen-bond acceptors (Lipinski definition) is 16. The first kappa shape index (κ1) is 56.7. The van der Waals surface area contributed by atoms with Gasteiger partial charge >= 0.3 is 0 Å². The summed E-state index contributed by atoms with van der Waals surface area (Å²) in [6, 6.07) is 42.0. The van der Waals surface area contributed by atoms with Gasteiger partial charge in [0.2, 0.25) is 0 Å². The fourth-order valence-corrected chi connectivity index (χ4v) is 9.55. The van der Waals surface area contributed by atoms with Gasteiger partial charge in [-0.25, -0.2) is 45.6 Å². The molecule has 16 nitrogen and oxygen atoms in total. The van der Waals surface area contributed by atoms with E-state index in [-0.39, 0.29) is 36.4 Å². The SMILES string of the molecule is CS(=O)(=O)CCNCc1ccc(-c2ccc3ncnc(Nc4ccc(OCc5cccc(F)c5)c(Cl)c4)c3c2)o1.CS(=O)(=O)CCNCc1ccc(-c2ccc3ncnc(Nc4ccc(OCc5cccc(F)c5)c(Cl)c4)c3c2)o1. The monoisotopic (exact) mass is 1160 g/mol. The average Bonchev–Trinajstić information content (AvgIpc) is 4.11. The standard InChI is InChI=1S/2C29H26ClFN4O4S/c2*1-40(36,37)12-11-32-16-23-7-10-27(39-23)20-5-8-26-24(14-20)29(34-18-33-26)35-22-6-9-28(25(30)15-22)38-17-19-3-2-4-21(31)13-19/h2*2-10,13-15,18,32H,11-12,16-17H2,1H3,(H,33,34,35). The first-order valence-corrected chi connectivity index (χ1v) is 29.7. The van der Waals surface area contributed by atoms with Crippen LogP contribution < -0.4 is 30.7 Å². The summed E-state index contributed by atoms with van der Waals surface area (Å²) in [5.41, 5.74) is 5.98. The molecule has 0 unspecified atom stereocenters. The van der Waals surface area contributed by atoms with Crippen molar-refractivity contribution in [3.05, 3.63) is 203 Å². The number of ether oxygens (including phenoxy) is 2. The summed E-state index contributed by atoms with van der Waals surface area (Å²) in [4.78, 5) is 17.6. The van der Waals surface area contributed by atoms with Crippen LogP contribution >= 0.6 is 23.2 Å². The van der Waals surface area contributed by atoms with E-state index in [0.717, 1.165) is 32.9 Å². The van der Waals surface area contributed by atoms with Crippen LogP contribution in [-0.2, 0) is 46.0 Å². The topological polar surface area (TPSA) is 213 Å². The molecular weight excluding hydrogens is 1110 g/mol. The summed E-state index contributed by atoms with van der Waals surface area (Å²) in [5, 5.41) is 15.1. The molecule has 22 heteroatoms. The molecule has 412 valence electrons. The van der Waals surface area contributed by atoms with Crippen LogP contribution in [0.4, 0.5) is 31.8 Å². The number of furan rings is 2. The van der Waals surface area contributed by atoms with Crippen LogP contribution in [0.3, 0.4) is 0 Å². The number of nitrogens with one attached hydrogen (secondary N) is 4. The Kier molecular flexibility index (Phi) is 18.3. The van der Waals surface area contributed by atoms with Gasteiger partial charge in [-0.1, -0.05) is 47.5 Å². The summed E-state index contributed by atoms with van der Waals surface area (Å²) in [7, 11) is -6.04. The van der Waals surface area contributed by atoms with E-state index in [1.807, 2.05) is 72.8 Å². The Morgan fingerprint density at radius 1 is 0.512 bits per heavy atom. The van der Waals surface area contributed by atoms with Crippen molar-refractivity contribution in [1.82, 2.24) is 30.6 Å². The van der Waals surface area contributed by atoms with Crippen LogP contribution in [0.25, 0.3) is 44.5 Å². The maximum atomic E-state index is 13.4. The summed E-state index contributed by atoms with van der Waals surface area (Å²) < 4.78 is 95.5. The molecule has 0 aliphatic rings. The van der Waals surface area contributed by atoms with Crippen LogP contribution in [0, 0.1) is 11.6 Å². The largest absolute Gasteiger partial charge is 0.487 e. The maximum absolute atomic E-state index is 13.4. The lowest BCUT2D eigenvalue weighted by molar-refractivity contribution is 0.306. The molecule has 0 fully saturated rings. The lowest BCUT2D eigenvalue weighted by atomic mass is 10.1. The van der Waals surface area contributed by atoms with Crippen molar-refractivity contribution >= 4 is 87.7 Å². The van der Waals surface area contributed by atoms with Crippen molar-refractivity contribution in [2.75, 3.05) is 47.7 Å². The Labute approximate surface area is 470 Å². The molecule has 0 radical (unpaired) electrons. The van der Waals surface area contributed by atoms with E-state index in [9.17, 15) is 25.6 Å². The quantitative estimate of drug-likeness (QED) is 0.0465. The molecule has 0 bridgehead atoms. The normalized spacial score (nSPS) is 11.6. The average molecular weight is 1160 g/mol. The zero-order chi connectivity index (χ0) is 56.2. The maximum Gasteiger partial charge on any atom is 0.148 e. The minimum absolute atomic E-state index is 0.0664. The van der Waals surface area contributed by atoms with Gasteiger partial charge in [0.15, 0.2) is 0 Å². The zero-order valence-electron chi connectivity index (χ0n) is 43.1. The molecule has 0 atom stereocenters. The van der Waals surface area contributed by atoms with Gasteiger partial charge in [0.1, 0.15) is 103 Å². The molecule has 0 saturated carbocycles. The van der Waals surface area contributed by atoms with Gasteiger partial charge in [-0.2, -0.15) is 0 Å². The molecule has 4 heterocycles. The fraction of sp³-hybridized carbons (Fsp3) is 0.172. The van der Waals surface area contributed by atoms with Gasteiger partial charge in [0.25, 0.3) is 0 Å². The van der Waals surface area contributed by atoms with Crippen molar-refractivity contribution < 1.29 is 43.9 Å². The van der Waals surface area contributed by atoms with Gasteiger partial charge in [-0.05, 0) is 132 Å². The molecule has 0 aliphatic heterocycles. The number of hydrogen-bond donors (Lipinski definition) is 4. The van der Waals surface area contributed by atoms with Gasteiger partial charge in [0, 0.05) is 58.9 Å². The summed E-state index contributed by atoms with van der Waals surface area (Å²) in [6.07, 6.45) is 5.38. The van der Waals surface area contributed by atoms with E-state index in [4.69, 9.17) is 41.5 Å². The molecule has 0 spiro atoms. The molecule has 0 aliphatic carbocycles. The Morgan fingerprint density at radius 2 is 0.950 bits per heavy atom. The van der Waals surface area contributed by atoms with Crippen molar-refractivity contribution in [2.45, 2.75) is 26.3 Å². The predicted octanol–water partition coefficient (Wildman–Crippen LogP) is 12.3. The van der Waals surface area contributed by atoms with E-state index >= 15 is 0 Å². The van der Waals surface area contributed by atoms with E-state index in [0.29, 0.717) is 105 Å². The number of anilines is 4. The van der Waals surface area contributed by atoms with Gasteiger partial charge in [0.05, 0.1) is 45.7 Å². The first-order valence-electron chi connectivity index (χ1n) is 24.8. The molecule has 80 heavy (non-hydrogen) atoms. The molecule has 4 aromatic heterocycles. The molecule has 6 aromatic carbocycles. The molecule has 10 aromatic rings. The van der Waals surface area contributed by atoms with Crippen molar-refractivity contribution in [1.29, 1.82) is 0 Å². The number of fused-ring (bicyclic) bond motifs is 2. The van der Waals surface area contributed by atoms with Crippen molar-refractivity contribution in [3.63, 3.8) is 0 Å². The zero-order valence-corrected chi connectivity index (χ0v) is 46.2. The predicted molar refractivity (Wildman–Crippen MR) is 308 cm³/mol. The van der Waals surface area contributed by atoms with Crippen LogP contribution in [-0.4, -0.2) is 73.9 Å². The highest BCUT2D eigenvalue weighted by Gasteiger charge is 2.15. The molecule has 0 saturated heterocycles. The Bertz CT molecular complexity index is 3780. The Balaban J connectivity index is 0.000000194. The highest BCUT2D eigenvalue weighted by molar-refractivity contribution is 7.90. The molecule has 10 rings (SSSR count). The number of rotatable bonds is 22. The van der Waals surface area contributed by atoms with E-state index < -0.39 is 19.7 Å². The highest BCUT2D eigenvalue weighted by atomic mass is 35.5. The summed E-state index contributed by atoms with van der Waals surface area (Å²) in [5.74, 6) is 4.35. The lowest BCUT2D eigenvalue weighted by Crippen LogP contribution is -2.21. The van der Waals surface area contributed by atoms with Gasteiger partial charge in [-0.15, -0.1) is 0 Å². The highest BCUT2D eigenvalue weighted by Crippen LogP contribution is 2.35. The summed E-state index contributed by atoms with van der Waals surface area (Å²) in [6.45, 7) is 1.91. The molecular formula is C58H52Cl2F2N8O8S2. The van der Waals surface area contributed by atoms with Gasteiger partial charge < -0.3 is 39.6 Å². The lowest BCUT2D eigenvalue weighted by Gasteiger charge is -2.12. The number of benzene rings is 6. The third-order valence-corrected chi connectivity index (χ3v) is 14.5. The van der Waals surface area contributed by atoms with Gasteiger partial charge in [-0.3, -0.25) is 0 Å². The number of sulfone groups is 2. The number of halogens is 4. The smallest absolute Gasteiger partial charge is 0.148 e. The van der Waals surface area contributed by atoms with E-state index in [2.05, 4.69) is 41.2 Å². The molecule has 0 amide bonds. The second-order valence-electron chi connectivity index (χ2n) is 18.4. The number of aromatic nitrogens is 4. The first-order chi connectivity index (χ1) is 38.5. The molecule has 4 N–H and O–H groups in total. The Morgan fingerprint density at radius 3 is 1.35 bits per heavy atom. The van der Waals surface area contributed by atoms with Crippen molar-refractivity contribution in [3.8, 4) is 34.1 Å². The van der Waals surface area contributed by atoms with Crippen LogP contribution in [0.1, 0.15) is 22.6 Å². The summed E-state index contributed by atoms with van der Waals surface area (Å²) >= 11 is 12.9. The third-order valence-electron chi connectivity index (χ3n) is 12.0.